The van der Waals surface area contributed by atoms with Gasteiger partial charge in [-0.3, -0.25) is 0 Å². The zero-order valence-electron chi connectivity index (χ0n) is 9.63. The molecule has 1 aromatic carbocycles. The summed E-state index contributed by atoms with van der Waals surface area (Å²) in [6.45, 7) is 4.28. The largest absolute Gasteiger partial charge is 0.493 e. The molecule has 0 radical (unpaired) electrons. The fraction of sp³-hybridized carbons (Fsp3) is 0.333. The molecule has 5 heteroatoms. The van der Waals surface area contributed by atoms with Crippen LogP contribution in [0.25, 0.3) is 0 Å². The van der Waals surface area contributed by atoms with Gasteiger partial charge in [-0.15, -0.1) is 0 Å². The molecule has 0 aliphatic carbocycles. The minimum Gasteiger partial charge on any atom is -0.493 e. The Bertz CT molecular complexity index is 408. The summed E-state index contributed by atoms with van der Waals surface area (Å²) in [6.07, 6.45) is 0.735. The second-order valence-corrected chi connectivity index (χ2v) is 4.40. The van der Waals surface area contributed by atoms with Crippen LogP contribution in [0, 0.1) is 0 Å². The van der Waals surface area contributed by atoms with Gasteiger partial charge in [0.1, 0.15) is 6.61 Å². The van der Waals surface area contributed by atoms with E-state index in [2.05, 4.69) is 6.58 Å². The first kappa shape index (κ1) is 14.2. The molecule has 0 fully saturated rings. The van der Waals surface area contributed by atoms with Crippen molar-refractivity contribution in [2.45, 2.75) is 6.42 Å². The molecular formula is C12H15Cl2NO2. The van der Waals surface area contributed by atoms with E-state index < -0.39 is 0 Å². The van der Waals surface area contributed by atoms with Gasteiger partial charge in [0.05, 0.1) is 12.1 Å². The van der Waals surface area contributed by atoms with Crippen molar-refractivity contribution in [2.75, 3.05) is 20.3 Å². The Kier molecular flexibility index (Phi) is 5.62. The molecule has 0 unspecified atom stereocenters. The Hall–Kier alpha value is -0.900. The first-order chi connectivity index (χ1) is 8.08. The summed E-state index contributed by atoms with van der Waals surface area (Å²) < 4.78 is 10.7. The highest BCUT2D eigenvalue weighted by molar-refractivity contribution is 6.32. The summed E-state index contributed by atoms with van der Waals surface area (Å²) in [5.74, 6) is 1.04. The van der Waals surface area contributed by atoms with Gasteiger partial charge in [-0.1, -0.05) is 29.8 Å². The van der Waals surface area contributed by atoms with Crippen LogP contribution >= 0.6 is 23.2 Å². The number of methoxy groups -OCH3 is 1. The topological polar surface area (TPSA) is 44.5 Å². The number of halogens is 2. The minimum absolute atomic E-state index is 0.188. The van der Waals surface area contributed by atoms with Crippen molar-refractivity contribution in [3.05, 3.63) is 34.3 Å². The monoisotopic (exact) mass is 275 g/mol. The van der Waals surface area contributed by atoms with Crippen LogP contribution < -0.4 is 15.2 Å². The van der Waals surface area contributed by atoms with E-state index in [1.54, 1.807) is 7.11 Å². The van der Waals surface area contributed by atoms with Crippen LogP contribution in [-0.2, 0) is 6.42 Å². The Morgan fingerprint density at radius 1 is 1.47 bits per heavy atom. The fourth-order valence-electron chi connectivity index (χ4n) is 1.37. The lowest BCUT2D eigenvalue weighted by Gasteiger charge is -2.13. The molecule has 0 heterocycles. The highest BCUT2D eigenvalue weighted by atomic mass is 35.5. The van der Waals surface area contributed by atoms with Crippen molar-refractivity contribution >= 4 is 23.2 Å². The van der Waals surface area contributed by atoms with Crippen LogP contribution in [0.1, 0.15) is 5.56 Å². The van der Waals surface area contributed by atoms with Gasteiger partial charge in [0.15, 0.2) is 11.5 Å². The van der Waals surface area contributed by atoms with Gasteiger partial charge >= 0.3 is 0 Å². The lowest BCUT2D eigenvalue weighted by Crippen LogP contribution is -2.04. The molecule has 1 rings (SSSR count). The third-order valence-corrected chi connectivity index (χ3v) is 2.49. The first-order valence-electron chi connectivity index (χ1n) is 5.11. The Morgan fingerprint density at radius 3 is 2.71 bits per heavy atom. The van der Waals surface area contributed by atoms with Crippen LogP contribution in [0.15, 0.2) is 23.7 Å². The van der Waals surface area contributed by atoms with Crippen molar-refractivity contribution in [1.82, 2.24) is 0 Å². The molecule has 0 amide bonds. The van der Waals surface area contributed by atoms with E-state index in [1.807, 2.05) is 12.1 Å². The third-order valence-electron chi connectivity index (χ3n) is 2.10. The van der Waals surface area contributed by atoms with Crippen LogP contribution in [0.2, 0.25) is 5.02 Å². The second-order valence-electron chi connectivity index (χ2n) is 3.45. The zero-order chi connectivity index (χ0) is 12.8. The average Bonchev–Trinajstić information content (AvgIpc) is 2.27. The molecule has 0 aliphatic rings. The van der Waals surface area contributed by atoms with Gasteiger partial charge in [-0.25, -0.2) is 0 Å². The summed E-state index contributed by atoms with van der Waals surface area (Å²) in [7, 11) is 1.56. The third kappa shape index (κ3) is 4.11. The molecule has 94 valence electrons. The second kappa shape index (κ2) is 6.74. The quantitative estimate of drug-likeness (QED) is 0.868. The first-order valence-corrected chi connectivity index (χ1v) is 5.86. The summed E-state index contributed by atoms with van der Waals surface area (Å²) in [6, 6.07) is 3.66. The molecule has 17 heavy (non-hydrogen) atoms. The van der Waals surface area contributed by atoms with E-state index in [0.29, 0.717) is 28.1 Å². The lowest BCUT2D eigenvalue weighted by atomic mass is 10.1. The van der Waals surface area contributed by atoms with E-state index >= 15 is 0 Å². The van der Waals surface area contributed by atoms with Crippen molar-refractivity contribution < 1.29 is 9.47 Å². The molecule has 0 aliphatic heterocycles. The number of benzene rings is 1. The molecule has 0 spiro atoms. The normalized spacial score (nSPS) is 10.1. The van der Waals surface area contributed by atoms with Crippen LogP contribution in [0.4, 0.5) is 0 Å². The Morgan fingerprint density at radius 2 is 2.18 bits per heavy atom. The maximum absolute atomic E-state index is 6.11. The van der Waals surface area contributed by atoms with Crippen molar-refractivity contribution in [3.8, 4) is 11.5 Å². The van der Waals surface area contributed by atoms with E-state index in [1.165, 1.54) is 0 Å². The van der Waals surface area contributed by atoms with Crippen LogP contribution in [0.3, 0.4) is 0 Å². The van der Waals surface area contributed by atoms with Gasteiger partial charge in [-0.05, 0) is 30.7 Å². The van der Waals surface area contributed by atoms with Crippen LogP contribution in [-0.4, -0.2) is 20.3 Å². The number of hydrogen-bond acceptors (Lipinski definition) is 3. The summed E-state index contributed by atoms with van der Waals surface area (Å²) in [5.41, 5.74) is 6.50. The predicted octanol–water partition coefficient (Wildman–Crippen LogP) is 2.98. The molecule has 0 bridgehead atoms. The number of hydrogen-bond donors (Lipinski definition) is 1. The van der Waals surface area contributed by atoms with Crippen molar-refractivity contribution in [2.24, 2.45) is 5.73 Å². The van der Waals surface area contributed by atoms with Crippen molar-refractivity contribution in [1.29, 1.82) is 0 Å². The van der Waals surface area contributed by atoms with E-state index in [0.717, 1.165) is 12.0 Å². The molecular weight excluding hydrogens is 261 g/mol. The molecule has 0 saturated carbocycles. The molecule has 2 N–H and O–H groups in total. The Labute approximate surface area is 111 Å². The van der Waals surface area contributed by atoms with Gasteiger partial charge in [0, 0.05) is 5.03 Å². The summed E-state index contributed by atoms with van der Waals surface area (Å²) in [5, 5.41) is 0.875. The van der Waals surface area contributed by atoms with Gasteiger partial charge in [-0.2, -0.15) is 0 Å². The molecule has 0 saturated heterocycles. The maximum atomic E-state index is 6.11. The number of ether oxygens (including phenoxy) is 2. The van der Waals surface area contributed by atoms with E-state index in [9.17, 15) is 0 Å². The number of rotatable bonds is 6. The summed E-state index contributed by atoms with van der Waals surface area (Å²) >= 11 is 11.8. The highest BCUT2D eigenvalue weighted by Crippen LogP contribution is 2.36. The van der Waals surface area contributed by atoms with Crippen LogP contribution in [0.5, 0.6) is 11.5 Å². The van der Waals surface area contributed by atoms with Crippen molar-refractivity contribution in [3.63, 3.8) is 0 Å². The molecule has 3 nitrogen and oxygen atoms in total. The smallest absolute Gasteiger partial charge is 0.180 e. The molecule has 0 atom stereocenters. The lowest BCUT2D eigenvalue weighted by molar-refractivity contribution is 0.324. The SMILES string of the molecule is C=C(Cl)COc1c(Cl)cc(CCN)cc1OC. The number of nitrogens with two attached hydrogens (primary N) is 1. The maximum Gasteiger partial charge on any atom is 0.180 e. The average molecular weight is 276 g/mol. The van der Waals surface area contributed by atoms with Gasteiger partial charge in [0.2, 0.25) is 0 Å². The standard InChI is InChI=1S/C12H15Cl2NO2/c1-8(13)7-17-12-10(14)5-9(3-4-15)6-11(12)16-2/h5-6H,1,3-4,7,15H2,2H3. The fourth-order valence-corrected chi connectivity index (χ4v) is 1.72. The van der Waals surface area contributed by atoms with E-state index in [-0.39, 0.29) is 6.61 Å². The minimum atomic E-state index is 0.188. The Balaban J connectivity index is 2.98. The molecule has 0 aromatic heterocycles. The molecule has 1 aromatic rings. The highest BCUT2D eigenvalue weighted by Gasteiger charge is 2.12. The zero-order valence-corrected chi connectivity index (χ0v) is 11.1. The van der Waals surface area contributed by atoms with Gasteiger partial charge < -0.3 is 15.2 Å². The predicted molar refractivity (Wildman–Crippen MR) is 71.3 cm³/mol. The van der Waals surface area contributed by atoms with E-state index in [4.69, 9.17) is 38.4 Å². The summed E-state index contributed by atoms with van der Waals surface area (Å²) in [4.78, 5) is 0. The van der Waals surface area contributed by atoms with Gasteiger partial charge in [0.25, 0.3) is 0 Å².